The van der Waals surface area contributed by atoms with Crippen LogP contribution in [0.5, 0.6) is 34.5 Å². The van der Waals surface area contributed by atoms with Gasteiger partial charge in [-0.2, -0.15) is 5.01 Å². The highest BCUT2D eigenvalue weighted by molar-refractivity contribution is 5.97. The molecule has 1 N–H and O–H groups in total. The number of carbonyl (C=O) groups is 4. The molecule has 14 nitrogen and oxygen atoms in total. The van der Waals surface area contributed by atoms with Crippen LogP contribution in [0.4, 0.5) is 5.69 Å². The number of nitrogens with zero attached hydrogens (tertiary/aromatic N) is 1. The second kappa shape index (κ2) is 30.0. The van der Waals surface area contributed by atoms with Crippen LogP contribution in [0.15, 0.2) is 140 Å². The lowest BCUT2D eigenvalue weighted by atomic mass is 9.99. The molecule has 0 saturated heterocycles. The largest absolute Gasteiger partial charge is 0.494 e. The van der Waals surface area contributed by atoms with Crippen LogP contribution in [0.3, 0.4) is 0 Å². The average molecular weight is 1070 g/mol. The number of hydrogen-bond acceptors (Lipinski definition) is 14. The van der Waals surface area contributed by atoms with Gasteiger partial charge in [0.2, 0.25) is 0 Å². The Morgan fingerprint density at radius 2 is 1.41 bits per heavy atom. The molecule has 1 heterocycles. The molecule has 0 aromatic heterocycles. The molecule has 0 fully saturated rings. The Kier molecular flexibility index (Phi) is 22.1. The smallest absolute Gasteiger partial charge is 0.343 e. The van der Waals surface area contributed by atoms with Crippen molar-refractivity contribution in [3.8, 4) is 34.5 Å². The maximum Gasteiger partial charge on any atom is 0.343 e. The molecule has 6 aromatic rings. The van der Waals surface area contributed by atoms with Gasteiger partial charge in [-0.3, -0.25) is 0 Å². The van der Waals surface area contributed by atoms with E-state index in [9.17, 15) is 19.2 Å². The minimum absolute atomic E-state index is 0.209. The molecular formula is C65H72N2O12. The van der Waals surface area contributed by atoms with Gasteiger partial charge in [-0.25, -0.2) is 19.2 Å². The minimum Gasteiger partial charge on any atom is -0.494 e. The van der Waals surface area contributed by atoms with Crippen LogP contribution in [0, 0.1) is 6.92 Å². The number of benzene rings is 6. The van der Waals surface area contributed by atoms with Gasteiger partial charge >= 0.3 is 23.9 Å². The minimum atomic E-state index is -0.592. The third-order valence-electron chi connectivity index (χ3n) is 13.2. The molecule has 0 atom stereocenters. The Bertz CT molecular complexity index is 3110. The van der Waals surface area contributed by atoms with Crippen molar-refractivity contribution >= 4 is 46.4 Å². The second-order valence-corrected chi connectivity index (χ2v) is 19.4. The Morgan fingerprint density at radius 1 is 0.671 bits per heavy atom. The second-order valence-electron chi connectivity index (χ2n) is 19.4. The molecule has 14 heteroatoms. The zero-order valence-electron chi connectivity index (χ0n) is 45.9. The zero-order chi connectivity index (χ0) is 55.9. The maximum atomic E-state index is 13.6. The summed E-state index contributed by atoms with van der Waals surface area (Å²) in [6, 6.07) is 34.4. The van der Waals surface area contributed by atoms with Crippen molar-refractivity contribution in [3.05, 3.63) is 179 Å². The highest BCUT2D eigenvalue weighted by Crippen LogP contribution is 2.34. The molecule has 0 saturated carbocycles. The number of nitrogens with one attached hydrogen (secondary N) is 1. The van der Waals surface area contributed by atoms with Crippen molar-refractivity contribution in [3.63, 3.8) is 0 Å². The van der Waals surface area contributed by atoms with Crippen LogP contribution in [-0.4, -0.2) is 69.2 Å². The van der Waals surface area contributed by atoms with E-state index in [1.807, 2.05) is 60.5 Å². The van der Waals surface area contributed by atoms with E-state index in [1.165, 1.54) is 31.6 Å². The highest BCUT2D eigenvalue weighted by Gasteiger charge is 2.21. The summed E-state index contributed by atoms with van der Waals surface area (Å²) < 4.78 is 45.7. The van der Waals surface area contributed by atoms with Crippen LogP contribution in [0.25, 0.3) is 16.8 Å². The summed E-state index contributed by atoms with van der Waals surface area (Å²) in [6.45, 7) is 15.3. The van der Waals surface area contributed by atoms with Crippen molar-refractivity contribution in [1.29, 1.82) is 0 Å². The summed E-state index contributed by atoms with van der Waals surface area (Å²) in [5.41, 5.74) is 11.1. The van der Waals surface area contributed by atoms with Gasteiger partial charge in [0.15, 0.2) is 24.0 Å². The predicted octanol–water partition coefficient (Wildman–Crippen LogP) is 13.2. The van der Waals surface area contributed by atoms with Crippen LogP contribution < -0.4 is 33.8 Å². The first-order valence-corrected chi connectivity index (χ1v) is 27.1. The molecule has 1 aliphatic rings. The van der Waals surface area contributed by atoms with Crippen molar-refractivity contribution in [1.82, 2.24) is 5.01 Å². The van der Waals surface area contributed by atoms with Gasteiger partial charge in [0.05, 0.1) is 51.3 Å². The number of ether oxygens (including phenoxy) is 8. The summed E-state index contributed by atoms with van der Waals surface area (Å²) in [4.78, 5) is 49.8. The average Bonchev–Trinajstić information content (AvgIpc) is 3.49. The number of hydrazine groups is 1. The van der Waals surface area contributed by atoms with E-state index in [4.69, 9.17) is 37.9 Å². The molecule has 7 rings (SSSR count). The highest BCUT2D eigenvalue weighted by atomic mass is 16.6. The van der Waals surface area contributed by atoms with Crippen molar-refractivity contribution in [2.45, 2.75) is 97.9 Å². The van der Waals surface area contributed by atoms with Gasteiger partial charge in [0.1, 0.15) is 17.2 Å². The SMILES string of the molecule is C=CC(=O)OCCCOc1ccc2cc(C(=O)Oc3ccc(/C=C/C(=O)Oc4cc(C)c(CCc5ccc(OCCCCCCOC(=O)C(=C)C)cc5)cc4NN4COc5cc(CCCCC)ccc5C4)cc3OC)ccc2c1. The zero-order valence-corrected chi connectivity index (χ0v) is 45.9. The number of fused-ring (bicyclic) bond motifs is 2. The Labute approximate surface area is 463 Å². The monoisotopic (exact) mass is 1070 g/mol. The number of aryl methyl sites for hydroxylation is 4. The third-order valence-corrected chi connectivity index (χ3v) is 13.2. The molecule has 0 unspecified atom stereocenters. The molecule has 0 spiro atoms. The first-order chi connectivity index (χ1) is 38.4. The number of esters is 4. The molecule has 0 radical (unpaired) electrons. The van der Waals surface area contributed by atoms with Gasteiger partial charge in [-0.05, 0) is 177 Å². The molecule has 6 aromatic carbocycles. The summed E-state index contributed by atoms with van der Waals surface area (Å²) in [5, 5.41) is 3.65. The number of anilines is 1. The fourth-order valence-electron chi connectivity index (χ4n) is 8.73. The Morgan fingerprint density at radius 3 is 2.19 bits per heavy atom. The molecule has 1 aliphatic heterocycles. The lowest BCUT2D eigenvalue weighted by molar-refractivity contribution is -0.139. The lowest BCUT2D eigenvalue weighted by Gasteiger charge is -2.31. The van der Waals surface area contributed by atoms with Crippen LogP contribution >= 0.6 is 0 Å². The molecule has 0 amide bonds. The topological polar surface area (TPSA) is 157 Å². The van der Waals surface area contributed by atoms with Gasteiger partial charge in [0, 0.05) is 29.7 Å². The maximum absolute atomic E-state index is 13.6. The normalized spacial score (nSPS) is 12.0. The summed E-state index contributed by atoms with van der Waals surface area (Å²) in [6.07, 6.45) is 14.3. The van der Waals surface area contributed by atoms with E-state index >= 15 is 0 Å². The lowest BCUT2D eigenvalue weighted by Crippen LogP contribution is -2.36. The van der Waals surface area contributed by atoms with Gasteiger partial charge in [-0.1, -0.05) is 75.4 Å². The van der Waals surface area contributed by atoms with Crippen molar-refractivity contribution < 1.29 is 57.1 Å². The number of carbonyl (C=O) groups excluding carboxylic acids is 4. The van der Waals surface area contributed by atoms with Crippen molar-refractivity contribution in [2.24, 2.45) is 0 Å². The molecule has 414 valence electrons. The summed E-state index contributed by atoms with van der Waals surface area (Å²) in [5.74, 6) is 1.24. The first-order valence-electron chi connectivity index (χ1n) is 27.1. The molecule has 0 aliphatic carbocycles. The van der Waals surface area contributed by atoms with Crippen LogP contribution in [0.2, 0.25) is 0 Å². The van der Waals surface area contributed by atoms with Gasteiger partial charge in [-0.15, -0.1) is 0 Å². The number of methoxy groups -OCH3 is 1. The fourth-order valence-corrected chi connectivity index (χ4v) is 8.73. The van der Waals surface area contributed by atoms with Gasteiger partial charge in [0.25, 0.3) is 0 Å². The predicted molar refractivity (Wildman–Crippen MR) is 307 cm³/mol. The van der Waals surface area contributed by atoms with E-state index < -0.39 is 17.9 Å². The van der Waals surface area contributed by atoms with Crippen LogP contribution in [0.1, 0.15) is 109 Å². The van der Waals surface area contributed by atoms with Crippen molar-refractivity contribution in [2.75, 3.05) is 45.7 Å². The summed E-state index contributed by atoms with van der Waals surface area (Å²) in [7, 11) is 1.48. The van der Waals surface area contributed by atoms with Crippen LogP contribution in [-0.2, 0) is 49.7 Å². The third kappa shape index (κ3) is 18.1. The Balaban J connectivity index is 0.969. The van der Waals surface area contributed by atoms with Gasteiger partial charge < -0.3 is 43.3 Å². The van der Waals surface area contributed by atoms with E-state index in [0.717, 1.165) is 102 Å². The Hall–Kier alpha value is -8.36. The fraction of sp³-hybridized carbons (Fsp3) is 0.323. The van der Waals surface area contributed by atoms with E-state index in [2.05, 4.69) is 55.8 Å². The molecule has 79 heavy (non-hydrogen) atoms. The summed E-state index contributed by atoms with van der Waals surface area (Å²) >= 11 is 0. The van der Waals surface area contributed by atoms with E-state index in [-0.39, 0.29) is 25.1 Å². The number of rotatable bonds is 30. The number of hydrogen-bond donors (Lipinski definition) is 1. The first kappa shape index (κ1) is 58.3. The van der Waals surface area contributed by atoms with E-state index in [0.29, 0.717) is 72.4 Å². The number of unbranched alkanes of at least 4 members (excludes halogenated alkanes) is 5. The molecular weight excluding hydrogens is 1000 g/mol. The quantitative estimate of drug-likeness (QED) is 0.0197. The van der Waals surface area contributed by atoms with E-state index in [1.54, 1.807) is 43.3 Å². The molecule has 0 bridgehead atoms. The standard InChI is InChI=1S/C65H72N2O12/c1-7-9-12-16-48-18-24-54-43-67(44-77-59(54)38-48)66-57-42-50(23-17-47-19-28-55(29-20-47)73-33-13-10-11-14-34-76-64(70)45(3)4)46(5)37-60(57)78-63(69)32-22-49-21-31-58(61(39-49)72-6)79-65(71)53-26-25-52-41-56(30-27-51(52)40-53)74-35-15-36-75-62(68)8-2/h8,18-22,24-32,37-42,66H,2-3,7,9-17,23,33-36,43-44H2,1,4-6H3/b32-22+.